The SMILES string of the molecule is C=P([O-])(OCCO)OC[C@@H]1C[C@@H](O)CN1C(=O)CCCCCN. The average molecular weight is 351 g/mol. The number of nitrogens with zero attached hydrogens (tertiary/aromatic N) is 1. The van der Waals surface area contributed by atoms with Crippen LogP contribution in [0.1, 0.15) is 32.1 Å². The molecule has 0 aromatic heterocycles. The fraction of sp³-hybridized carbons (Fsp3) is 0.857. The van der Waals surface area contributed by atoms with E-state index >= 15 is 0 Å². The lowest BCUT2D eigenvalue weighted by molar-refractivity contribution is -0.209. The monoisotopic (exact) mass is 351 g/mol. The zero-order chi connectivity index (χ0) is 17.3. The lowest BCUT2D eigenvalue weighted by Crippen LogP contribution is -2.38. The summed E-state index contributed by atoms with van der Waals surface area (Å²) in [7, 11) is -3.51. The minimum atomic E-state index is -3.51. The van der Waals surface area contributed by atoms with Crippen LogP contribution in [0.2, 0.25) is 0 Å². The number of rotatable bonds is 11. The number of likely N-dealkylation sites (tertiary alicyclic amines) is 1. The summed E-state index contributed by atoms with van der Waals surface area (Å²) in [6, 6.07) is -0.347. The van der Waals surface area contributed by atoms with Crippen LogP contribution in [0, 0.1) is 0 Å². The van der Waals surface area contributed by atoms with E-state index in [0.29, 0.717) is 19.4 Å². The number of hydrogen-bond donors (Lipinski definition) is 3. The van der Waals surface area contributed by atoms with Gasteiger partial charge in [0.1, 0.15) is 0 Å². The molecule has 0 aliphatic carbocycles. The quantitative estimate of drug-likeness (QED) is 0.323. The van der Waals surface area contributed by atoms with Gasteiger partial charge in [0.15, 0.2) is 0 Å². The molecule has 1 fully saturated rings. The molecule has 4 N–H and O–H groups in total. The number of aliphatic hydroxyl groups is 2. The van der Waals surface area contributed by atoms with E-state index in [2.05, 4.69) is 6.30 Å². The second-order valence-electron chi connectivity index (χ2n) is 5.65. The summed E-state index contributed by atoms with van der Waals surface area (Å²) in [4.78, 5) is 25.7. The molecule has 8 nitrogen and oxygen atoms in total. The van der Waals surface area contributed by atoms with Crippen LogP contribution in [0.4, 0.5) is 0 Å². The van der Waals surface area contributed by atoms with Gasteiger partial charge in [-0.2, -0.15) is 0 Å². The van der Waals surface area contributed by atoms with Crippen LogP contribution in [0.5, 0.6) is 0 Å². The predicted octanol–water partition coefficient (Wildman–Crippen LogP) is -0.952. The Balaban J connectivity index is 2.45. The molecule has 23 heavy (non-hydrogen) atoms. The molecule has 1 aliphatic heterocycles. The van der Waals surface area contributed by atoms with Gasteiger partial charge in [-0.3, -0.25) is 4.79 Å². The number of aliphatic hydroxyl groups excluding tert-OH is 2. The number of nitrogens with two attached hydrogens (primary N) is 1. The number of carbonyl (C=O) groups is 1. The van der Waals surface area contributed by atoms with Gasteiger partial charge >= 0.3 is 0 Å². The van der Waals surface area contributed by atoms with E-state index in [9.17, 15) is 14.8 Å². The van der Waals surface area contributed by atoms with Crippen molar-refractivity contribution in [2.45, 2.75) is 44.2 Å². The molecule has 0 saturated carbocycles. The summed E-state index contributed by atoms with van der Waals surface area (Å²) in [6.07, 6.45) is 6.03. The van der Waals surface area contributed by atoms with Crippen LogP contribution in [0.25, 0.3) is 0 Å². The van der Waals surface area contributed by atoms with Crippen molar-refractivity contribution in [3.63, 3.8) is 0 Å². The Morgan fingerprint density at radius 2 is 2.13 bits per heavy atom. The topological polar surface area (TPSA) is 128 Å². The highest BCUT2D eigenvalue weighted by Gasteiger charge is 2.34. The first-order valence-electron chi connectivity index (χ1n) is 7.91. The zero-order valence-electron chi connectivity index (χ0n) is 13.4. The molecule has 3 atom stereocenters. The van der Waals surface area contributed by atoms with E-state index in [0.717, 1.165) is 19.3 Å². The molecule has 1 saturated heterocycles. The third-order valence-corrected chi connectivity index (χ3v) is 4.77. The molecule has 1 aliphatic rings. The molecule has 0 aromatic carbocycles. The summed E-state index contributed by atoms with van der Waals surface area (Å²) >= 11 is 0. The first-order valence-corrected chi connectivity index (χ1v) is 9.64. The Bertz CT molecular complexity index is 409. The molecule has 0 radical (unpaired) electrons. The smallest absolute Gasteiger partial charge is 0.222 e. The van der Waals surface area contributed by atoms with Crippen molar-refractivity contribution in [3.05, 3.63) is 0 Å². The zero-order valence-corrected chi connectivity index (χ0v) is 14.3. The molecule has 1 heterocycles. The van der Waals surface area contributed by atoms with Gasteiger partial charge in [-0.25, -0.2) is 0 Å². The van der Waals surface area contributed by atoms with E-state index < -0.39 is 13.7 Å². The Labute approximate surface area is 137 Å². The second-order valence-corrected chi connectivity index (χ2v) is 7.39. The first-order chi connectivity index (χ1) is 10.9. The van der Waals surface area contributed by atoms with Gasteiger partial charge < -0.3 is 34.8 Å². The molecule has 0 spiro atoms. The van der Waals surface area contributed by atoms with Gasteiger partial charge in [-0.15, -0.1) is 0 Å². The molecule has 1 unspecified atom stereocenters. The summed E-state index contributed by atoms with van der Waals surface area (Å²) in [6.45, 7) is 0.441. The minimum Gasteiger partial charge on any atom is -0.789 e. The van der Waals surface area contributed by atoms with Crippen LogP contribution in [0.15, 0.2) is 0 Å². The average Bonchev–Trinajstić information content (AvgIpc) is 2.89. The molecule has 1 amide bonds. The van der Waals surface area contributed by atoms with Gasteiger partial charge in [-0.05, 0) is 25.8 Å². The minimum absolute atomic E-state index is 0.0161. The van der Waals surface area contributed by atoms with Crippen molar-refractivity contribution in [2.75, 3.05) is 32.9 Å². The van der Waals surface area contributed by atoms with Gasteiger partial charge in [-0.1, -0.05) is 12.7 Å². The van der Waals surface area contributed by atoms with Crippen molar-refractivity contribution in [2.24, 2.45) is 5.73 Å². The maximum absolute atomic E-state index is 12.2. The molecular formula is C14H28N2O6P-. The molecule has 0 bridgehead atoms. The van der Waals surface area contributed by atoms with Crippen LogP contribution < -0.4 is 10.6 Å². The van der Waals surface area contributed by atoms with E-state index in [1.807, 2.05) is 0 Å². The summed E-state index contributed by atoms with van der Waals surface area (Å²) in [5, 5.41) is 18.4. The van der Waals surface area contributed by atoms with E-state index in [1.54, 1.807) is 4.90 Å². The number of hydrogen-bond acceptors (Lipinski definition) is 7. The highest BCUT2D eigenvalue weighted by atomic mass is 31.2. The largest absolute Gasteiger partial charge is 0.789 e. The lowest BCUT2D eigenvalue weighted by Gasteiger charge is -2.33. The highest BCUT2D eigenvalue weighted by molar-refractivity contribution is 7.57. The summed E-state index contributed by atoms with van der Waals surface area (Å²) in [5.74, 6) is -0.0534. The number of carbonyl (C=O) groups excluding carboxylic acids is 1. The Morgan fingerprint density at radius 1 is 1.39 bits per heavy atom. The van der Waals surface area contributed by atoms with Crippen molar-refractivity contribution >= 4 is 19.8 Å². The molecule has 136 valence electrons. The van der Waals surface area contributed by atoms with Crippen molar-refractivity contribution in [3.8, 4) is 0 Å². The van der Waals surface area contributed by atoms with E-state index in [4.69, 9.17) is 19.9 Å². The predicted molar refractivity (Wildman–Crippen MR) is 86.7 cm³/mol. The van der Waals surface area contributed by atoms with E-state index in [-0.39, 0.29) is 38.3 Å². The number of unbranched alkanes of at least 4 members (excludes halogenated alkanes) is 2. The lowest BCUT2D eigenvalue weighted by atomic mass is 10.1. The van der Waals surface area contributed by atoms with Crippen LogP contribution in [-0.2, 0) is 13.8 Å². The normalized spacial score (nSPS) is 23.9. The maximum Gasteiger partial charge on any atom is 0.222 e. The Hall–Kier alpha value is -0.470. The first kappa shape index (κ1) is 20.6. The highest BCUT2D eigenvalue weighted by Crippen LogP contribution is 2.38. The fourth-order valence-electron chi connectivity index (χ4n) is 2.51. The van der Waals surface area contributed by atoms with Crippen LogP contribution in [-0.4, -0.2) is 72.4 Å². The van der Waals surface area contributed by atoms with Gasteiger partial charge in [0.05, 0.1) is 32.0 Å². The number of amides is 1. The van der Waals surface area contributed by atoms with Crippen molar-refractivity contribution in [1.29, 1.82) is 0 Å². The Kier molecular flexibility index (Phi) is 9.31. The number of β-amino-alcohol motifs (C(OH)–C–C–N with tert-alkyl or cyclic N) is 1. The van der Waals surface area contributed by atoms with Gasteiger partial charge in [0.2, 0.25) is 5.91 Å². The Morgan fingerprint density at radius 3 is 2.78 bits per heavy atom. The van der Waals surface area contributed by atoms with Crippen molar-refractivity contribution < 1.29 is 28.9 Å². The summed E-state index contributed by atoms with van der Waals surface area (Å²) in [5.41, 5.74) is 5.42. The fourth-order valence-corrected chi connectivity index (χ4v) is 3.35. The van der Waals surface area contributed by atoms with Gasteiger partial charge in [0.25, 0.3) is 0 Å². The van der Waals surface area contributed by atoms with Gasteiger partial charge in [0, 0.05) is 20.5 Å². The molecule has 9 heteroatoms. The second kappa shape index (κ2) is 10.4. The van der Waals surface area contributed by atoms with Crippen LogP contribution >= 0.6 is 7.57 Å². The molecule has 0 aromatic rings. The molecular weight excluding hydrogens is 323 g/mol. The third kappa shape index (κ3) is 7.76. The molecule has 1 rings (SSSR count). The maximum atomic E-state index is 12.2. The van der Waals surface area contributed by atoms with E-state index in [1.165, 1.54) is 0 Å². The third-order valence-electron chi connectivity index (χ3n) is 3.65. The standard InChI is InChI=1S/C14H28N2O6P/c1-23(20,21-8-7-17)22-11-12-9-13(18)10-16(12)14(19)5-3-2-4-6-15/h12-13,17-18H,1-11,15H2/q-1/t12-,13+,23?/m0/s1. The summed E-state index contributed by atoms with van der Waals surface area (Å²) < 4.78 is 10.0. The van der Waals surface area contributed by atoms with Crippen LogP contribution in [0.3, 0.4) is 0 Å². The van der Waals surface area contributed by atoms with Crippen molar-refractivity contribution in [1.82, 2.24) is 4.90 Å².